The van der Waals surface area contributed by atoms with Gasteiger partial charge in [0.15, 0.2) is 0 Å². The van der Waals surface area contributed by atoms with E-state index >= 15 is 0 Å². The van der Waals surface area contributed by atoms with Crippen molar-refractivity contribution in [2.75, 3.05) is 5.75 Å². The van der Waals surface area contributed by atoms with E-state index in [1.807, 2.05) is 0 Å². The van der Waals surface area contributed by atoms with Crippen molar-refractivity contribution in [3.05, 3.63) is 0 Å². The van der Waals surface area contributed by atoms with Crippen molar-refractivity contribution in [3.63, 3.8) is 0 Å². The maximum absolute atomic E-state index is 10.3. The molecule has 0 aliphatic carbocycles. The number of aliphatic hydroxyl groups excluding tert-OH is 1. The summed E-state index contributed by atoms with van der Waals surface area (Å²) in [6.45, 7) is 2.06. The van der Waals surface area contributed by atoms with Crippen LogP contribution in [0.25, 0.3) is 0 Å². The van der Waals surface area contributed by atoms with Gasteiger partial charge in [-0.25, -0.2) is 8.42 Å². The zero-order chi connectivity index (χ0) is 13.1. The molecule has 0 aliphatic heterocycles. The van der Waals surface area contributed by atoms with E-state index in [1.54, 1.807) is 0 Å². The van der Waals surface area contributed by atoms with Gasteiger partial charge in [0.25, 0.3) is 0 Å². The minimum atomic E-state index is -4.02. The summed E-state index contributed by atoms with van der Waals surface area (Å²) < 4.78 is 31.0. The number of hydrogen-bond acceptors (Lipinski definition) is 4. The van der Waals surface area contributed by atoms with Crippen molar-refractivity contribution in [1.82, 2.24) is 0 Å². The molecule has 0 aliphatic rings. The summed E-state index contributed by atoms with van der Waals surface area (Å²) in [7, 11) is -4.02. The van der Waals surface area contributed by atoms with E-state index in [0.717, 1.165) is 51.4 Å². The maximum atomic E-state index is 10.3. The zero-order valence-corrected chi connectivity index (χ0v) is 14.5. The molecule has 0 saturated heterocycles. The van der Waals surface area contributed by atoms with Crippen LogP contribution in [0.2, 0.25) is 0 Å². The SMILES string of the molecule is CCCC(O)CCCCCCCCS(=O)(=O)[O-].[Na+]. The summed E-state index contributed by atoms with van der Waals surface area (Å²) in [6, 6.07) is 0. The first-order chi connectivity index (χ1) is 7.95. The molecule has 0 aromatic carbocycles. The fourth-order valence-corrected chi connectivity index (χ4v) is 2.40. The molecular formula is C12H25NaO4S. The van der Waals surface area contributed by atoms with E-state index in [0.29, 0.717) is 6.42 Å². The van der Waals surface area contributed by atoms with Gasteiger partial charge in [0.05, 0.1) is 16.2 Å². The molecule has 0 aromatic heterocycles. The summed E-state index contributed by atoms with van der Waals surface area (Å²) >= 11 is 0. The molecule has 1 unspecified atom stereocenters. The van der Waals surface area contributed by atoms with Gasteiger partial charge in [0, 0.05) is 5.75 Å². The molecule has 0 fully saturated rings. The van der Waals surface area contributed by atoms with Crippen LogP contribution in [0.3, 0.4) is 0 Å². The predicted octanol–water partition coefficient (Wildman–Crippen LogP) is -0.573. The van der Waals surface area contributed by atoms with E-state index < -0.39 is 10.1 Å². The molecule has 0 aromatic rings. The van der Waals surface area contributed by atoms with Gasteiger partial charge < -0.3 is 9.66 Å². The van der Waals surface area contributed by atoms with E-state index in [1.165, 1.54) is 0 Å². The summed E-state index contributed by atoms with van der Waals surface area (Å²) in [6.07, 6.45) is 8.01. The van der Waals surface area contributed by atoms with Crippen LogP contribution >= 0.6 is 0 Å². The summed E-state index contributed by atoms with van der Waals surface area (Å²) in [5.74, 6) is -0.234. The molecule has 6 heteroatoms. The van der Waals surface area contributed by atoms with Gasteiger partial charge in [-0.1, -0.05) is 45.4 Å². The molecule has 0 amide bonds. The fourth-order valence-electron chi connectivity index (χ4n) is 1.84. The fraction of sp³-hybridized carbons (Fsp3) is 1.00. The molecule has 104 valence electrons. The normalized spacial score (nSPS) is 13.1. The van der Waals surface area contributed by atoms with Crippen LogP contribution in [0.1, 0.15) is 64.7 Å². The van der Waals surface area contributed by atoms with E-state index in [4.69, 9.17) is 0 Å². The predicted molar refractivity (Wildman–Crippen MR) is 67.8 cm³/mol. The molecule has 18 heavy (non-hydrogen) atoms. The standard InChI is InChI=1S/C12H26O4S.Na/c1-2-9-12(13)10-7-5-3-4-6-8-11-17(14,15)16;/h12-13H,2-11H2,1H3,(H,14,15,16);/q;+1/p-1. The van der Waals surface area contributed by atoms with Gasteiger partial charge in [0.2, 0.25) is 0 Å². The minimum Gasteiger partial charge on any atom is -0.748 e. The molecule has 0 radical (unpaired) electrons. The average Bonchev–Trinajstić information content (AvgIpc) is 2.21. The second kappa shape index (κ2) is 12.9. The van der Waals surface area contributed by atoms with Crippen LogP contribution in [-0.4, -0.2) is 29.9 Å². The molecule has 0 rings (SSSR count). The number of aliphatic hydroxyl groups is 1. The van der Waals surface area contributed by atoms with Crippen LogP contribution in [0.15, 0.2) is 0 Å². The Bertz CT molecular complexity index is 267. The van der Waals surface area contributed by atoms with Gasteiger partial charge in [-0.15, -0.1) is 0 Å². The van der Waals surface area contributed by atoms with Gasteiger partial charge in [-0.3, -0.25) is 0 Å². The molecule has 0 heterocycles. The Balaban J connectivity index is 0. The van der Waals surface area contributed by atoms with Gasteiger partial charge in [0.1, 0.15) is 0 Å². The zero-order valence-electron chi connectivity index (χ0n) is 11.7. The first kappa shape index (κ1) is 21.2. The van der Waals surface area contributed by atoms with Gasteiger partial charge >= 0.3 is 29.6 Å². The van der Waals surface area contributed by atoms with Crippen LogP contribution in [-0.2, 0) is 10.1 Å². The van der Waals surface area contributed by atoms with Gasteiger partial charge in [-0.05, 0) is 19.3 Å². The smallest absolute Gasteiger partial charge is 0.748 e. The maximum Gasteiger partial charge on any atom is 1.00 e. The Labute approximate surface area is 134 Å². The van der Waals surface area contributed by atoms with Crippen molar-refractivity contribution in [1.29, 1.82) is 0 Å². The van der Waals surface area contributed by atoms with Crippen LogP contribution in [0, 0.1) is 0 Å². The average molecular weight is 288 g/mol. The first-order valence-electron chi connectivity index (χ1n) is 6.57. The number of hydrogen-bond donors (Lipinski definition) is 1. The second-order valence-corrected chi connectivity index (χ2v) is 6.14. The molecule has 1 N–H and O–H groups in total. The topological polar surface area (TPSA) is 77.4 Å². The van der Waals surface area contributed by atoms with Crippen molar-refractivity contribution in [2.24, 2.45) is 0 Å². The molecule has 0 spiro atoms. The second-order valence-electron chi connectivity index (χ2n) is 4.61. The quantitative estimate of drug-likeness (QED) is 0.314. The number of unbranched alkanes of at least 4 members (excludes halogenated alkanes) is 5. The summed E-state index contributed by atoms with van der Waals surface area (Å²) in [4.78, 5) is 0. The molecule has 0 bridgehead atoms. The Kier molecular flexibility index (Phi) is 15.2. The molecule has 0 saturated carbocycles. The summed E-state index contributed by atoms with van der Waals surface area (Å²) in [5.41, 5.74) is 0. The largest absolute Gasteiger partial charge is 1.00 e. The minimum absolute atomic E-state index is 0. The van der Waals surface area contributed by atoms with Crippen molar-refractivity contribution < 1.29 is 47.6 Å². The van der Waals surface area contributed by atoms with Crippen molar-refractivity contribution >= 4 is 10.1 Å². The summed E-state index contributed by atoms with van der Waals surface area (Å²) in [5, 5.41) is 9.48. The van der Waals surface area contributed by atoms with Crippen molar-refractivity contribution in [3.8, 4) is 0 Å². The molecule has 1 atom stereocenters. The Morgan fingerprint density at radius 3 is 2.00 bits per heavy atom. The van der Waals surface area contributed by atoms with Crippen molar-refractivity contribution in [2.45, 2.75) is 70.8 Å². The molecule has 4 nitrogen and oxygen atoms in total. The Morgan fingerprint density at radius 2 is 1.50 bits per heavy atom. The first-order valence-corrected chi connectivity index (χ1v) is 8.15. The third-order valence-corrected chi connectivity index (χ3v) is 3.59. The van der Waals surface area contributed by atoms with E-state index in [2.05, 4.69) is 6.92 Å². The van der Waals surface area contributed by atoms with E-state index in [-0.39, 0.29) is 41.4 Å². The van der Waals surface area contributed by atoms with E-state index in [9.17, 15) is 18.1 Å². The monoisotopic (exact) mass is 288 g/mol. The Hall–Kier alpha value is 0.870. The van der Waals surface area contributed by atoms with Crippen LogP contribution < -0.4 is 29.6 Å². The molecular weight excluding hydrogens is 263 g/mol. The van der Waals surface area contributed by atoms with Gasteiger partial charge in [-0.2, -0.15) is 0 Å². The van der Waals surface area contributed by atoms with Crippen LogP contribution in [0.5, 0.6) is 0 Å². The number of rotatable bonds is 11. The Morgan fingerprint density at radius 1 is 1.00 bits per heavy atom. The third kappa shape index (κ3) is 16.9. The van der Waals surface area contributed by atoms with Crippen LogP contribution in [0.4, 0.5) is 0 Å². The third-order valence-electron chi connectivity index (χ3n) is 2.80.